The van der Waals surface area contributed by atoms with Gasteiger partial charge in [-0.2, -0.15) is 0 Å². The number of hydrogen-bond acceptors (Lipinski definition) is 3. The van der Waals surface area contributed by atoms with Crippen molar-refractivity contribution in [1.82, 2.24) is 9.80 Å². The monoisotopic (exact) mass is 436 g/mol. The van der Waals surface area contributed by atoms with Crippen LogP contribution in [0.25, 0.3) is 0 Å². The quantitative estimate of drug-likeness (QED) is 0.659. The highest BCUT2D eigenvalue weighted by molar-refractivity contribution is 5.94. The van der Waals surface area contributed by atoms with Crippen molar-refractivity contribution in [2.45, 2.75) is 50.6 Å². The topological polar surface area (TPSA) is 49.9 Å². The Labute approximate surface area is 188 Å². The molecule has 1 atom stereocenters. The summed E-state index contributed by atoms with van der Waals surface area (Å²) in [5.41, 5.74) is 1.32. The molecule has 168 valence electrons. The maximum Gasteiger partial charge on any atom is 0.253 e. The molecule has 1 unspecified atom stereocenters. The van der Waals surface area contributed by atoms with Crippen LogP contribution in [0.2, 0.25) is 0 Å². The van der Waals surface area contributed by atoms with Gasteiger partial charge in [-0.1, -0.05) is 43.2 Å². The van der Waals surface area contributed by atoms with E-state index in [1.807, 2.05) is 18.2 Å². The van der Waals surface area contributed by atoms with Gasteiger partial charge >= 0.3 is 0 Å². The van der Waals surface area contributed by atoms with Crippen molar-refractivity contribution in [2.75, 3.05) is 20.2 Å². The highest BCUT2D eigenvalue weighted by Gasteiger charge is 2.63. The first-order valence-corrected chi connectivity index (χ1v) is 11.6. The molecule has 0 radical (unpaired) electrons. The van der Waals surface area contributed by atoms with Gasteiger partial charge in [-0.25, -0.2) is 4.39 Å². The van der Waals surface area contributed by atoms with Crippen LogP contribution in [0.15, 0.2) is 48.5 Å². The normalized spacial score (nSPS) is 22.8. The molecular formula is C26H29FN2O3. The Morgan fingerprint density at radius 2 is 1.75 bits per heavy atom. The van der Waals surface area contributed by atoms with Gasteiger partial charge in [0.1, 0.15) is 0 Å². The van der Waals surface area contributed by atoms with E-state index in [1.165, 1.54) is 24.8 Å². The third-order valence-electron chi connectivity index (χ3n) is 7.62. The Hall–Kier alpha value is -2.89. The lowest BCUT2D eigenvalue weighted by atomic mass is 9.65. The average Bonchev–Trinajstić information content (AvgIpc) is 3.35. The number of carbonyl (C=O) groups is 2. The fraction of sp³-hybridized carbons (Fsp3) is 0.462. The van der Waals surface area contributed by atoms with Gasteiger partial charge in [-0.3, -0.25) is 9.59 Å². The van der Waals surface area contributed by atoms with Gasteiger partial charge in [0.15, 0.2) is 11.6 Å². The number of carbonyl (C=O) groups excluding carboxylic acids is 2. The molecule has 3 aliphatic rings. The summed E-state index contributed by atoms with van der Waals surface area (Å²) in [4.78, 5) is 30.2. The predicted molar refractivity (Wildman–Crippen MR) is 119 cm³/mol. The Balaban J connectivity index is 1.30. The summed E-state index contributed by atoms with van der Waals surface area (Å²) in [5.74, 6) is -0.283. The first kappa shape index (κ1) is 21.0. The van der Waals surface area contributed by atoms with E-state index in [2.05, 4.69) is 17.0 Å². The number of hydrogen-bond donors (Lipinski definition) is 0. The summed E-state index contributed by atoms with van der Waals surface area (Å²) in [5, 5.41) is 0. The summed E-state index contributed by atoms with van der Waals surface area (Å²) in [6.45, 7) is 1.13. The molecule has 1 aliphatic carbocycles. The zero-order chi connectivity index (χ0) is 22.3. The van der Waals surface area contributed by atoms with Crippen LogP contribution in [0.5, 0.6) is 5.75 Å². The van der Waals surface area contributed by atoms with Crippen LogP contribution in [0.4, 0.5) is 4.39 Å². The van der Waals surface area contributed by atoms with E-state index in [4.69, 9.17) is 4.74 Å². The van der Waals surface area contributed by atoms with Gasteiger partial charge in [0, 0.05) is 24.7 Å². The molecule has 0 aromatic heterocycles. The van der Waals surface area contributed by atoms with E-state index in [9.17, 15) is 14.0 Å². The second-order valence-corrected chi connectivity index (χ2v) is 9.26. The summed E-state index contributed by atoms with van der Waals surface area (Å²) in [6.07, 6.45) is 5.68. The number of rotatable bonds is 4. The molecule has 5 rings (SSSR count). The molecule has 6 heteroatoms. The lowest BCUT2D eigenvalue weighted by Gasteiger charge is -2.59. The lowest BCUT2D eigenvalue weighted by molar-refractivity contribution is -0.180. The summed E-state index contributed by atoms with van der Waals surface area (Å²) < 4.78 is 19.0. The molecule has 1 saturated carbocycles. The zero-order valence-corrected chi connectivity index (χ0v) is 18.4. The van der Waals surface area contributed by atoms with E-state index >= 15 is 0 Å². The van der Waals surface area contributed by atoms with Crippen LogP contribution >= 0.6 is 0 Å². The minimum absolute atomic E-state index is 0.129. The minimum Gasteiger partial charge on any atom is -0.494 e. The third-order valence-corrected chi connectivity index (χ3v) is 7.62. The molecule has 0 bridgehead atoms. The maximum atomic E-state index is 14.1. The van der Waals surface area contributed by atoms with Crippen molar-refractivity contribution in [3.05, 3.63) is 65.5 Å². The number of halogens is 1. The Bertz CT molecular complexity index is 1010. The number of ether oxygens (including phenoxy) is 1. The lowest BCUT2D eigenvalue weighted by Crippen LogP contribution is -2.66. The maximum absolute atomic E-state index is 14.1. The first-order chi connectivity index (χ1) is 15.5. The van der Waals surface area contributed by atoms with Crippen LogP contribution in [-0.4, -0.2) is 47.9 Å². The van der Waals surface area contributed by atoms with Crippen LogP contribution < -0.4 is 4.74 Å². The standard InChI is InChI=1S/C26H29FN2O3/c1-32-22-10-9-19(17-21(22)27)24(30)28-15-11-20(12-16-28)29-23(18-7-3-2-4-8-18)26(25(29)31)13-5-6-14-26/h2-4,7-10,17,20,23H,5-6,11-16H2,1H3. The van der Waals surface area contributed by atoms with Gasteiger partial charge in [-0.05, 0) is 49.4 Å². The number of methoxy groups -OCH3 is 1. The fourth-order valence-electron chi connectivity index (χ4n) is 6.01. The van der Waals surface area contributed by atoms with E-state index in [0.29, 0.717) is 24.6 Å². The predicted octanol–water partition coefficient (Wildman–Crippen LogP) is 4.58. The SMILES string of the molecule is COc1ccc(C(=O)N2CCC(N3C(=O)C4(CCCC4)C3c3ccccc3)CC2)cc1F. The van der Waals surface area contributed by atoms with E-state index < -0.39 is 5.82 Å². The highest BCUT2D eigenvalue weighted by atomic mass is 19.1. The molecule has 1 spiro atoms. The number of β-lactam (4-membered cyclic amide) rings is 1. The van der Waals surface area contributed by atoms with E-state index in [0.717, 1.165) is 38.5 Å². The molecule has 32 heavy (non-hydrogen) atoms. The van der Waals surface area contributed by atoms with Crippen LogP contribution in [0, 0.1) is 11.2 Å². The van der Waals surface area contributed by atoms with Gasteiger partial charge < -0.3 is 14.5 Å². The second-order valence-electron chi connectivity index (χ2n) is 9.26. The Morgan fingerprint density at radius 1 is 1.06 bits per heavy atom. The van der Waals surface area contributed by atoms with Gasteiger partial charge in [-0.15, -0.1) is 0 Å². The highest BCUT2D eigenvalue weighted by Crippen LogP contribution is 2.60. The summed E-state index contributed by atoms with van der Waals surface area (Å²) in [6, 6.07) is 15.0. The third kappa shape index (κ3) is 3.28. The van der Waals surface area contributed by atoms with Crippen molar-refractivity contribution < 1.29 is 18.7 Å². The van der Waals surface area contributed by atoms with Crippen molar-refractivity contribution in [2.24, 2.45) is 5.41 Å². The van der Waals surface area contributed by atoms with Crippen LogP contribution in [0.3, 0.4) is 0 Å². The molecule has 2 amide bonds. The van der Waals surface area contributed by atoms with E-state index in [1.54, 1.807) is 11.0 Å². The summed E-state index contributed by atoms with van der Waals surface area (Å²) >= 11 is 0. The number of piperidine rings is 1. The molecule has 3 fully saturated rings. The molecule has 2 aromatic rings. The number of benzene rings is 2. The Morgan fingerprint density at radius 3 is 2.38 bits per heavy atom. The van der Waals surface area contributed by atoms with E-state index in [-0.39, 0.29) is 29.2 Å². The zero-order valence-electron chi connectivity index (χ0n) is 18.4. The smallest absolute Gasteiger partial charge is 0.253 e. The van der Waals surface area contributed by atoms with Gasteiger partial charge in [0.05, 0.1) is 18.6 Å². The first-order valence-electron chi connectivity index (χ1n) is 11.6. The molecule has 2 aromatic carbocycles. The second kappa shape index (κ2) is 8.23. The largest absolute Gasteiger partial charge is 0.494 e. The number of nitrogens with zero attached hydrogens (tertiary/aromatic N) is 2. The number of amides is 2. The average molecular weight is 437 g/mol. The molecular weight excluding hydrogens is 407 g/mol. The van der Waals surface area contributed by atoms with Gasteiger partial charge in [0.2, 0.25) is 5.91 Å². The van der Waals surface area contributed by atoms with Crippen molar-refractivity contribution >= 4 is 11.8 Å². The molecule has 5 nitrogen and oxygen atoms in total. The van der Waals surface area contributed by atoms with Crippen LogP contribution in [-0.2, 0) is 4.79 Å². The van der Waals surface area contributed by atoms with Gasteiger partial charge in [0.25, 0.3) is 5.91 Å². The summed E-state index contributed by atoms with van der Waals surface area (Å²) in [7, 11) is 1.40. The van der Waals surface area contributed by atoms with Crippen molar-refractivity contribution in [1.29, 1.82) is 0 Å². The van der Waals surface area contributed by atoms with Crippen molar-refractivity contribution in [3.8, 4) is 5.75 Å². The van der Waals surface area contributed by atoms with Crippen LogP contribution in [0.1, 0.15) is 60.5 Å². The fourth-order valence-corrected chi connectivity index (χ4v) is 6.01. The minimum atomic E-state index is -0.535. The number of likely N-dealkylation sites (tertiary alicyclic amines) is 2. The Kier molecular flexibility index (Phi) is 5.39. The molecule has 2 heterocycles. The molecule has 2 saturated heterocycles. The molecule has 2 aliphatic heterocycles. The molecule has 0 N–H and O–H groups in total. The van der Waals surface area contributed by atoms with Crippen molar-refractivity contribution in [3.63, 3.8) is 0 Å².